The predicted molar refractivity (Wildman–Crippen MR) is 57.4 cm³/mol. The largest absolute Gasteiger partial charge is 0.440 e. The molecule has 1 fully saturated rings. The molecule has 0 radical (unpaired) electrons. The number of nitrogens with zero attached hydrogens (tertiary/aromatic N) is 1. The van der Waals surface area contributed by atoms with Crippen LogP contribution in [-0.2, 0) is 0 Å². The lowest BCUT2D eigenvalue weighted by molar-refractivity contribution is 0.453. The zero-order valence-electron chi connectivity index (χ0n) is 8.40. The zero-order valence-corrected chi connectivity index (χ0v) is 9.22. The van der Waals surface area contributed by atoms with Crippen molar-refractivity contribution in [2.24, 2.45) is 5.92 Å². The molecule has 3 nitrogen and oxygen atoms in total. The van der Waals surface area contributed by atoms with E-state index in [9.17, 15) is 0 Å². The Balaban J connectivity index is 1.54. The average molecular weight is 212 g/mol. The second kappa shape index (κ2) is 4.84. The van der Waals surface area contributed by atoms with Crippen LogP contribution in [0.2, 0.25) is 0 Å². The van der Waals surface area contributed by atoms with Gasteiger partial charge in [0.05, 0.1) is 6.20 Å². The molecule has 1 aromatic rings. The summed E-state index contributed by atoms with van der Waals surface area (Å²) in [4.78, 5) is 4.05. The van der Waals surface area contributed by atoms with Crippen molar-refractivity contribution < 1.29 is 4.42 Å². The van der Waals surface area contributed by atoms with Crippen LogP contribution in [0.4, 0.5) is 0 Å². The van der Waals surface area contributed by atoms with Crippen LogP contribution < -0.4 is 5.32 Å². The second-order valence-corrected chi connectivity index (χ2v) is 4.77. The highest BCUT2D eigenvalue weighted by molar-refractivity contribution is 7.99. The molecule has 78 valence electrons. The van der Waals surface area contributed by atoms with Crippen molar-refractivity contribution in [1.82, 2.24) is 10.3 Å². The molecule has 1 unspecified atom stereocenters. The number of aromatic nitrogens is 1. The molecule has 1 aromatic heterocycles. The van der Waals surface area contributed by atoms with Gasteiger partial charge >= 0.3 is 0 Å². The number of hydrogen-bond donors (Lipinski definition) is 1. The Morgan fingerprint density at radius 1 is 1.71 bits per heavy atom. The first-order valence-corrected chi connectivity index (χ1v) is 6.10. The molecular formula is C10H16N2OS. The molecule has 0 aliphatic heterocycles. The SMILES string of the molecule is CC(NCCSc1ncco1)C1CC1. The third-order valence-corrected chi connectivity index (χ3v) is 3.39. The van der Waals surface area contributed by atoms with E-state index in [1.165, 1.54) is 12.8 Å². The van der Waals surface area contributed by atoms with Crippen molar-refractivity contribution in [3.63, 3.8) is 0 Å². The summed E-state index contributed by atoms with van der Waals surface area (Å²) in [7, 11) is 0. The zero-order chi connectivity index (χ0) is 9.80. The highest BCUT2D eigenvalue weighted by atomic mass is 32.2. The van der Waals surface area contributed by atoms with Crippen LogP contribution in [0, 0.1) is 5.92 Å². The summed E-state index contributed by atoms with van der Waals surface area (Å²) in [5, 5.41) is 4.29. The van der Waals surface area contributed by atoms with Crippen LogP contribution in [0.15, 0.2) is 22.1 Å². The standard InChI is InChI=1S/C10H16N2OS/c1-8(9-2-3-9)11-5-7-14-10-12-4-6-13-10/h4,6,8-9,11H,2-3,5,7H2,1H3. The van der Waals surface area contributed by atoms with E-state index in [4.69, 9.17) is 4.42 Å². The molecule has 14 heavy (non-hydrogen) atoms. The molecule has 0 bridgehead atoms. The smallest absolute Gasteiger partial charge is 0.255 e. The number of hydrogen-bond acceptors (Lipinski definition) is 4. The Labute approximate surface area is 88.7 Å². The van der Waals surface area contributed by atoms with Gasteiger partial charge in [-0.05, 0) is 25.7 Å². The van der Waals surface area contributed by atoms with Crippen molar-refractivity contribution in [3.8, 4) is 0 Å². The average Bonchev–Trinajstić information content (AvgIpc) is 2.92. The molecule has 1 N–H and O–H groups in total. The van der Waals surface area contributed by atoms with E-state index in [0.717, 1.165) is 23.4 Å². The Morgan fingerprint density at radius 2 is 2.57 bits per heavy atom. The third kappa shape index (κ3) is 3.03. The first kappa shape index (κ1) is 10.1. The minimum atomic E-state index is 0.681. The Morgan fingerprint density at radius 3 is 3.21 bits per heavy atom. The molecule has 0 saturated heterocycles. The van der Waals surface area contributed by atoms with Gasteiger partial charge in [0.2, 0.25) is 0 Å². The van der Waals surface area contributed by atoms with Gasteiger partial charge in [0.1, 0.15) is 6.26 Å². The van der Waals surface area contributed by atoms with Crippen LogP contribution in [0.5, 0.6) is 0 Å². The maximum atomic E-state index is 5.12. The van der Waals surface area contributed by atoms with Gasteiger partial charge in [-0.25, -0.2) is 4.98 Å². The summed E-state index contributed by atoms with van der Waals surface area (Å²) in [6.45, 7) is 3.30. The normalized spacial score (nSPS) is 18.4. The fourth-order valence-electron chi connectivity index (χ4n) is 1.47. The van der Waals surface area contributed by atoms with Crippen molar-refractivity contribution in [2.75, 3.05) is 12.3 Å². The summed E-state index contributed by atoms with van der Waals surface area (Å²) in [6.07, 6.45) is 6.10. The molecule has 0 spiro atoms. The molecule has 1 atom stereocenters. The minimum Gasteiger partial charge on any atom is -0.440 e. The molecule has 1 aliphatic rings. The van der Waals surface area contributed by atoms with Crippen LogP contribution in [0.3, 0.4) is 0 Å². The van der Waals surface area contributed by atoms with Crippen molar-refractivity contribution in [2.45, 2.75) is 31.0 Å². The van der Waals surface area contributed by atoms with Gasteiger partial charge in [0, 0.05) is 18.3 Å². The molecule has 1 aliphatic carbocycles. The molecule has 4 heteroatoms. The monoisotopic (exact) mass is 212 g/mol. The van der Waals surface area contributed by atoms with Crippen LogP contribution >= 0.6 is 11.8 Å². The maximum absolute atomic E-state index is 5.12. The summed E-state index contributed by atoms with van der Waals surface area (Å²) < 4.78 is 5.12. The lowest BCUT2D eigenvalue weighted by atomic mass is 10.2. The van der Waals surface area contributed by atoms with Crippen LogP contribution in [0.25, 0.3) is 0 Å². The van der Waals surface area contributed by atoms with Crippen molar-refractivity contribution >= 4 is 11.8 Å². The van der Waals surface area contributed by atoms with E-state index in [2.05, 4.69) is 17.2 Å². The minimum absolute atomic E-state index is 0.681. The van der Waals surface area contributed by atoms with Gasteiger partial charge in [0.15, 0.2) is 0 Å². The molecule has 0 aromatic carbocycles. The van der Waals surface area contributed by atoms with Gasteiger partial charge in [0.25, 0.3) is 5.22 Å². The fourth-order valence-corrected chi connectivity index (χ4v) is 2.12. The van der Waals surface area contributed by atoms with E-state index in [-0.39, 0.29) is 0 Å². The van der Waals surface area contributed by atoms with Gasteiger partial charge in [-0.15, -0.1) is 0 Å². The Bertz CT molecular complexity index is 259. The summed E-state index contributed by atoms with van der Waals surface area (Å²) in [5.41, 5.74) is 0. The number of thioether (sulfide) groups is 1. The number of oxazole rings is 1. The predicted octanol–water partition coefficient (Wildman–Crippen LogP) is 2.15. The Hall–Kier alpha value is -0.480. The van der Waals surface area contributed by atoms with Crippen molar-refractivity contribution in [3.05, 3.63) is 12.5 Å². The molecule has 1 saturated carbocycles. The summed E-state index contributed by atoms with van der Waals surface area (Å²) in [6, 6.07) is 0.681. The summed E-state index contributed by atoms with van der Waals surface area (Å²) >= 11 is 1.66. The van der Waals surface area contributed by atoms with E-state index in [1.54, 1.807) is 24.2 Å². The van der Waals surface area contributed by atoms with Gasteiger partial charge in [-0.3, -0.25) is 0 Å². The second-order valence-electron chi connectivity index (χ2n) is 3.73. The van der Waals surface area contributed by atoms with Gasteiger partial charge in [-0.1, -0.05) is 11.8 Å². The quantitative estimate of drug-likeness (QED) is 0.579. The topological polar surface area (TPSA) is 38.1 Å². The van der Waals surface area contributed by atoms with Gasteiger partial charge < -0.3 is 9.73 Å². The van der Waals surface area contributed by atoms with Gasteiger partial charge in [-0.2, -0.15) is 0 Å². The fraction of sp³-hybridized carbons (Fsp3) is 0.700. The number of nitrogens with one attached hydrogen (secondary N) is 1. The highest BCUT2D eigenvalue weighted by Crippen LogP contribution is 2.32. The van der Waals surface area contributed by atoms with E-state index < -0.39 is 0 Å². The molecule has 2 rings (SSSR count). The maximum Gasteiger partial charge on any atom is 0.255 e. The van der Waals surface area contributed by atoms with E-state index in [1.807, 2.05) is 0 Å². The Kier molecular flexibility index (Phi) is 3.48. The molecule has 1 heterocycles. The van der Waals surface area contributed by atoms with E-state index >= 15 is 0 Å². The lowest BCUT2D eigenvalue weighted by Crippen LogP contribution is -2.29. The van der Waals surface area contributed by atoms with E-state index in [0.29, 0.717) is 6.04 Å². The first-order valence-electron chi connectivity index (χ1n) is 5.12. The van der Waals surface area contributed by atoms with Crippen LogP contribution in [-0.4, -0.2) is 23.3 Å². The number of rotatable bonds is 6. The third-order valence-electron chi connectivity index (χ3n) is 2.53. The summed E-state index contributed by atoms with van der Waals surface area (Å²) in [5.74, 6) is 1.96. The molecular weight excluding hydrogens is 196 g/mol. The highest BCUT2D eigenvalue weighted by Gasteiger charge is 2.27. The lowest BCUT2D eigenvalue weighted by Gasteiger charge is -2.11. The first-order chi connectivity index (χ1) is 6.86. The van der Waals surface area contributed by atoms with Crippen molar-refractivity contribution in [1.29, 1.82) is 0 Å². The van der Waals surface area contributed by atoms with Crippen LogP contribution in [0.1, 0.15) is 19.8 Å². The molecule has 0 amide bonds.